The maximum atomic E-state index is 5.83. The number of hydrogen-bond donors (Lipinski definition) is 0. The van der Waals surface area contributed by atoms with Gasteiger partial charge in [-0.3, -0.25) is 0 Å². The molecule has 100 valence electrons. The highest BCUT2D eigenvalue weighted by Crippen LogP contribution is 2.19. The Labute approximate surface area is 105 Å². The Balaban J connectivity index is 3.84. The molecule has 0 atom stereocenters. The monoisotopic (exact) mass is 242 g/mol. The van der Waals surface area contributed by atoms with Crippen LogP contribution in [0.15, 0.2) is 25.7 Å². The van der Waals surface area contributed by atoms with Gasteiger partial charge in [-0.2, -0.15) is 0 Å². The lowest BCUT2D eigenvalue weighted by Crippen LogP contribution is -2.30. The molecule has 0 saturated heterocycles. The lowest BCUT2D eigenvalue weighted by atomic mass is 10.0. The van der Waals surface area contributed by atoms with Crippen molar-refractivity contribution in [3.05, 3.63) is 25.7 Å². The predicted molar refractivity (Wildman–Crippen MR) is 70.8 cm³/mol. The Morgan fingerprint density at radius 3 is 2.00 bits per heavy atom. The van der Waals surface area contributed by atoms with Crippen LogP contribution in [0.2, 0.25) is 0 Å². The molecule has 0 aliphatic carbocycles. The van der Waals surface area contributed by atoms with E-state index in [4.69, 9.17) is 14.2 Å². The summed E-state index contributed by atoms with van der Waals surface area (Å²) in [5.41, 5.74) is -0.414. The summed E-state index contributed by atoms with van der Waals surface area (Å²) < 4.78 is 16.3. The second-order valence-corrected chi connectivity index (χ2v) is 5.19. The molecule has 0 aliphatic rings. The van der Waals surface area contributed by atoms with Gasteiger partial charge in [-0.15, -0.1) is 0 Å². The smallest absolute Gasteiger partial charge is 0.105 e. The van der Waals surface area contributed by atoms with Crippen molar-refractivity contribution in [3.8, 4) is 0 Å². The summed E-state index contributed by atoms with van der Waals surface area (Å²) in [6, 6.07) is 0. The quantitative estimate of drug-likeness (QED) is 0.432. The second kappa shape index (κ2) is 7.38. The summed E-state index contributed by atoms with van der Waals surface area (Å²) in [5.74, 6) is 0. The molecule has 0 rings (SSSR count). The SMILES string of the molecule is C=COCCC(C)(C)OCCC(C)(C)OC=C. The molecule has 0 N–H and O–H groups in total. The van der Waals surface area contributed by atoms with E-state index in [0.29, 0.717) is 13.2 Å². The molecule has 0 bridgehead atoms. The van der Waals surface area contributed by atoms with Crippen molar-refractivity contribution in [1.82, 2.24) is 0 Å². The zero-order valence-corrected chi connectivity index (χ0v) is 11.6. The van der Waals surface area contributed by atoms with Crippen LogP contribution in [0, 0.1) is 0 Å². The first-order chi connectivity index (χ1) is 7.83. The molecule has 0 saturated carbocycles. The van der Waals surface area contributed by atoms with Gasteiger partial charge in [0.15, 0.2) is 0 Å². The molecule has 0 radical (unpaired) electrons. The molecule has 3 nitrogen and oxygen atoms in total. The Bertz CT molecular complexity index is 232. The third kappa shape index (κ3) is 8.81. The lowest BCUT2D eigenvalue weighted by molar-refractivity contribution is -0.0592. The molecular weight excluding hydrogens is 216 g/mol. The first-order valence-electron chi connectivity index (χ1n) is 5.98. The molecule has 0 spiro atoms. The highest BCUT2D eigenvalue weighted by molar-refractivity contribution is 4.74. The largest absolute Gasteiger partial charge is 0.502 e. The van der Waals surface area contributed by atoms with E-state index in [9.17, 15) is 0 Å². The molecule has 0 amide bonds. The molecule has 0 fully saturated rings. The summed E-state index contributed by atoms with van der Waals surface area (Å²) >= 11 is 0. The molecule has 0 aromatic carbocycles. The number of hydrogen-bond acceptors (Lipinski definition) is 3. The first kappa shape index (κ1) is 16.0. The minimum absolute atomic E-state index is 0.187. The fraction of sp³-hybridized carbons (Fsp3) is 0.714. The van der Waals surface area contributed by atoms with Gasteiger partial charge in [0.25, 0.3) is 0 Å². The number of rotatable bonds is 10. The molecular formula is C14H26O3. The lowest BCUT2D eigenvalue weighted by Gasteiger charge is -2.29. The van der Waals surface area contributed by atoms with Crippen molar-refractivity contribution >= 4 is 0 Å². The maximum absolute atomic E-state index is 5.83. The fourth-order valence-corrected chi connectivity index (χ4v) is 1.32. The molecule has 0 aromatic rings. The van der Waals surface area contributed by atoms with Gasteiger partial charge in [0.2, 0.25) is 0 Å². The van der Waals surface area contributed by atoms with Crippen LogP contribution in [-0.2, 0) is 14.2 Å². The minimum atomic E-state index is -0.227. The zero-order chi connectivity index (χ0) is 13.4. The topological polar surface area (TPSA) is 27.7 Å². The average Bonchev–Trinajstić information content (AvgIpc) is 2.16. The van der Waals surface area contributed by atoms with Crippen LogP contribution in [0.4, 0.5) is 0 Å². The number of ether oxygens (including phenoxy) is 3. The van der Waals surface area contributed by atoms with Gasteiger partial charge >= 0.3 is 0 Å². The summed E-state index contributed by atoms with van der Waals surface area (Å²) in [6.45, 7) is 16.5. The van der Waals surface area contributed by atoms with Crippen LogP contribution in [0.1, 0.15) is 40.5 Å². The van der Waals surface area contributed by atoms with Gasteiger partial charge in [0, 0.05) is 12.8 Å². The average molecular weight is 242 g/mol. The Morgan fingerprint density at radius 2 is 1.47 bits per heavy atom. The summed E-state index contributed by atoms with van der Waals surface area (Å²) in [4.78, 5) is 0. The van der Waals surface area contributed by atoms with Crippen LogP contribution >= 0.6 is 0 Å². The highest BCUT2D eigenvalue weighted by Gasteiger charge is 2.22. The van der Waals surface area contributed by atoms with Crippen molar-refractivity contribution in [2.45, 2.75) is 51.7 Å². The van der Waals surface area contributed by atoms with E-state index in [1.165, 1.54) is 12.5 Å². The van der Waals surface area contributed by atoms with E-state index in [1.807, 2.05) is 13.8 Å². The summed E-state index contributed by atoms with van der Waals surface area (Å²) in [5, 5.41) is 0. The van der Waals surface area contributed by atoms with Crippen molar-refractivity contribution < 1.29 is 14.2 Å². The molecule has 0 heterocycles. The molecule has 17 heavy (non-hydrogen) atoms. The van der Waals surface area contributed by atoms with Crippen LogP contribution in [0.3, 0.4) is 0 Å². The van der Waals surface area contributed by atoms with Crippen molar-refractivity contribution in [1.29, 1.82) is 0 Å². The fourth-order valence-electron chi connectivity index (χ4n) is 1.32. The van der Waals surface area contributed by atoms with Gasteiger partial charge in [-0.05, 0) is 27.7 Å². The van der Waals surface area contributed by atoms with Crippen molar-refractivity contribution in [2.24, 2.45) is 0 Å². The molecule has 3 heteroatoms. The van der Waals surface area contributed by atoms with Crippen LogP contribution in [0.5, 0.6) is 0 Å². The van der Waals surface area contributed by atoms with E-state index >= 15 is 0 Å². The molecule has 0 aliphatic heterocycles. The Morgan fingerprint density at radius 1 is 0.882 bits per heavy atom. The van der Waals surface area contributed by atoms with E-state index < -0.39 is 0 Å². The normalized spacial score (nSPS) is 12.0. The van der Waals surface area contributed by atoms with Crippen LogP contribution in [0.25, 0.3) is 0 Å². The van der Waals surface area contributed by atoms with Gasteiger partial charge in [0.1, 0.15) is 5.60 Å². The minimum Gasteiger partial charge on any atom is -0.502 e. The van der Waals surface area contributed by atoms with E-state index in [-0.39, 0.29) is 11.2 Å². The van der Waals surface area contributed by atoms with Crippen LogP contribution in [-0.4, -0.2) is 24.4 Å². The van der Waals surface area contributed by atoms with Crippen LogP contribution < -0.4 is 0 Å². The second-order valence-electron chi connectivity index (χ2n) is 5.19. The van der Waals surface area contributed by atoms with Crippen molar-refractivity contribution in [2.75, 3.05) is 13.2 Å². The third-order valence-corrected chi connectivity index (χ3v) is 2.54. The van der Waals surface area contributed by atoms with Gasteiger partial charge in [-0.25, -0.2) is 0 Å². The van der Waals surface area contributed by atoms with E-state index in [1.54, 1.807) is 0 Å². The standard InChI is InChI=1S/C14H26O3/c1-7-15-11-9-14(5,6)17-12-10-13(3,4)16-8-2/h7-8H,1-2,9-12H2,3-6H3. The maximum Gasteiger partial charge on any atom is 0.105 e. The third-order valence-electron chi connectivity index (χ3n) is 2.54. The van der Waals surface area contributed by atoms with Crippen molar-refractivity contribution in [3.63, 3.8) is 0 Å². The summed E-state index contributed by atoms with van der Waals surface area (Å²) in [7, 11) is 0. The van der Waals surface area contributed by atoms with Gasteiger partial charge in [0.05, 0.1) is 31.3 Å². The van der Waals surface area contributed by atoms with Gasteiger partial charge < -0.3 is 14.2 Å². The Kier molecular flexibility index (Phi) is 6.97. The first-order valence-corrected chi connectivity index (χ1v) is 5.98. The van der Waals surface area contributed by atoms with E-state index in [0.717, 1.165) is 12.8 Å². The Hall–Kier alpha value is -0.960. The highest BCUT2D eigenvalue weighted by atomic mass is 16.5. The molecule has 0 unspecified atom stereocenters. The van der Waals surface area contributed by atoms with E-state index in [2.05, 4.69) is 27.0 Å². The zero-order valence-electron chi connectivity index (χ0n) is 11.6. The molecule has 0 aromatic heterocycles. The van der Waals surface area contributed by atoms with Gasteiger partial charge in [-0.1, -0.05) is 13.2 Å². The summed E-state index contributed by atoms with van der Waals surface area (Å²) in [6.07, 6.45) is 4.59. The predicted octanol–water partition coefficient (Wildman–Crippen LogP) is 3.66.